The van der Waals surface area contributed by atoms with Gasteiger partial charge in [0.05, 0.1) is 19.3 Å². The van der Waals surface area contributed by atoms with E-state index in [1.807, 2.05) is 0 Å². The van der Waals surface area contributed by atoms with Gasteiger partial charge in [-0.2, -0.15) is 18.3 Å². The van der Waals surface area contributed by atoms with Gasteiger partial charge in [-0.3, -0.25) is 4.68 Å². The fraction of sp³-hybridized carbons (Fsp3) is 0.812. The molecular weight excluding hydrogens is 309 g/mol. The molecule has 7 heteroatoms. The molecule has 1 aromatic rings. The molecule has 4 nitrogen and oxygen atoms in total. The molecule has 2 rings (SSSR count). The fourth-order valence-electron chi connectivity index (χ4n) is 2.99. The number of hydrogen-bond donors (Lipinski definition) is 1. The Labute approximate surface area is 134 Å². The van der Waals surface area contributed by atoms with Gasteiger partial charge in [0, 0.05) is 18.4 Å². The molecule has 1 aromatic heterocycles. The Morgan fingerprint density at radius 3 is 2.52 bits per heavy atom. The van der Waals surface area contributed by atoms with Gasteiger partial charge in [-0.15, -0.1) is 0 Å². The molecule has 1 aliphatic rings. The summed E-state index contributed by atoms with van der Waals surface area (Å²) in [6.45, 7) is 0.565. The zero-order chi connectivity index (χ0) is 16.7. The van der Waals surface area contributed by atoms with E-state index >= 15 is 0 Å². The van der Waals surface area contributed by atoms with E-state index in [0.717, 1.165) is 25.7 Å². The van der Waals surface area contributed by atoms with Gasteiger partial charge in [-0.1, -0.05) is 25.7 Å². The van der Waals surface area contributed by atoms with Crippen LogP contribution in [0, 0.1) is 0 Å². The maximum atomic E-state index is 13.0. The van der Waals surface area contributed by atoms with Crippen LogP contribution in [0.1, 0.15) is 56.2 Å². The van der Waals surface area contributed by atoms with E-state index < -0.39 is 11.9 Å². The Bertz CT molecular complexity index is 466. The van der Waals surface area contributed by atoms with Gasteiger partial charge < -0.3 is 9.84 Å². The van der Waals surface area contributed by atoms with Gasteiger partial charge in [0.25, 0.3) is 0 Å². The summed E-state index contributed by atoms with van der Waals surface area (Å²) in [5, 5.41) is 12.5. The molecule has 0 bridgehead atoms. The molecule has 0 radical (unpaired) electrons. The van der Waals surface area contributed by atoms with Crippen LogP contribution in [-0.4, -0.2) is 34.2 Å². The van der Waals surface area contributed by atoms with Crippen LogP contribution in [0.4, 0.5) is 13.2 Å². The number of aromatic nitrogens is 2. The fourth-order valence-corrected chi connectivity index (χ4v) is 2.99. The predicted octanol–water partition coefficient (Wildman–Crippen LogP) is 3.57. The van der Waals surface area contributed by atoms with Crippen molar-refractivity contribution in [2.75, 3.05) is 13.2 Å². The van der Waals surface area contributed by atoms with E-state index in [1.54, 1.807) is 0 Å². The van der Waals surface area contributed by atoms with Gasteiger partial charge >= 0.3 is 6.18 Å². The minimum absolute atomic E-state index is 0.132. The maximum absolute atomic E-state index is 13.0. The molecule has 23 heavy (non-hydrogen) atoms. The average Bonchev–Trinajstić information content (AvgIpc) is 2.73. The van der Waals surface area contributed by atoms with Crippen molar-refractivity contribution in [2.45, 2.75) is 70.2 Å². The zero-order valence-electron chi connectivity index (χ0n) is 13.3. The van der Waals surface area contributed by atoms with E-state index in [2.05, 4.69) is 5.10 Å². The number of aliphatic hydroxyl groups excluding tert-OH is 1. The maximum Gasteiger partial charge on any atom is 0.435 e. The smallest absolute Gasteiger partial charge is 0.396 e. The Kier molecular flexibility index (Phi) is 6.89. The first-order valence-corrected chi connectivity index (χ1v) is 8.36. The van der Waals surface area contributed by atoms with Crippen molar-refractivity contribution >= 4 is 0 Å². The van der Waals surface area contributed by atoms with Gasteiger partial charge in [0.1, 0.15) is 0 Å². The molecule has 1 fully saturated rings. The molecule has 0 amide bonds. The van der Waals surface area contributed by atoms with Crippen molar-refractivity contribution in [3.05, 3.63) is 17.5 Å². The van der Waals surface area contributed by atoms with Crippen LogP contribution >= 0.6 is 0 Å². The van der Waals surface area contributed by atoms with Crippen LogP contribution < -0.4 is 0 Å². The van der Waals surface area contributed by atoms with Crippen molar-refractivity contribution in [1.29, 1.82) is 0 Å². The summed E-state index contributed by atoms with van der Waals surface area (Å²) in [6, 6.07) is 0. The molecule has 0 aliphatic heterocycles. The average molecular weight is 334 g/mol. The molecule has 0 spiro atoms. The third-order valence-electron chi connectivity index (χ3n) is 4.19. The highest BCUT2D eigenvalue weighted by Gasteiger charge is 2.36. The van der Waals surface area contributed by atoms with Crippen LogP contribution in [0.5, 0.6) is 0 Å². The first-order valence-electron chi connectivity index (χ1n) is 8.36. The molecule has 0 unspecified atom stereocenters. The SMILES string of the molecule is OCCCc1cn(CCOC2CCCCCC2)nc1C(F)(F)F. The largest absolute Gasteiger partial charge is 0.435 e. The summed E-state index contributed by atoms with van der Waals surface area (Å²) < 4.78 is 46.0. The van der Waals surface area contributed by atoms with Crippen molar-refractivity contribution in [2.24, 2.45) is 0 Å². The van der Waals surface area contributed by atoms with E-state index in [9.17, 15) is 13.2 Å². The lowest BCUT2D eigenvalue weighted by molar-refractivity contribution is -0.142. The van der Waals surface area contributed by atoms with Crippen LogP contribution in [0.2, 0.25) is 0 Å². The Morgan fingerprint density at radius 2 is 1.91 bits per heavy atom. The number of halogens is 3. The number of hydrogen-bond acceptors (Lipinski definition) is 3. The lowest BCUT2D eigenvalue weighted by Gasteiger charge is -2.15. The van der Waals surface area contributed by atoms with Crippen molar-refractivity contribution in [3.8, 4) is 0 Å². The van der Waals surface area contributed by atoms with Crippen LogP contribution in [0.3, 0.4) is 0 Å². The van der Waals surface area contributed by atoms with Crippen LogP contribution in [-0.2, 0) is 23.9 Å². The quantitative estimate of drug-likeness (QED) is 0.776. The lowest BCUT2D eigenvalue weighted by atomic mass is 10.1. The summed E-state index contributed by atoms with van der Waals surface area (Å²) in [6.07, 6.45) is 4.54. The molecule has 132 valence electrons. The van der Waals surface area contributed by atoms with Gasteiger partial charge in [0.15, 0.2) is 5.69 Å². The first-order chi connectivity index (χ1) is 11.0. The standard InChI is InChI=1S/C16H25F3N2O2/c17-16(18,19)15-13(6-5-10-22)12-21(20-15)9-11-23-14-7-3-1-2-4-8-14/h12,14,22H,1-11H2. The minimum Gasteiger partial charge on any atom is -0.396 e. The molecule has 0 saturated heterocycles. The monoisotopic (exact) mass is 334 g/mol. The van der Waals surface area contributed by atoms with E-state index in [4.69, 9.17) is 9.84 Å². The predicted molar refractivity (Wildman–Crippen MR) is 80.1 cm³/mol. The second kappa shape index (κ2) is 8.68. The lowest BCUT2D eigenvalue weighted by Crippen LogP contribution is -2.16. The van der Waals surface area contributed by atoms with Crippen molar-refractivity contribution in [1.82, 2.24) is 9.78 Å². The summed E-state index contributed by atoms with van der Waals surface area (Å²) in [4.78, 5) is 0. The highest BCUT2D eigenvalue weighted by molar-refractivity contribution is 5.20. The first kappa shape index (κ1) is 18.3. The normalized spacial score (nSPS) is 17.4. The summed E-state index contributed by atoms with van der Waals surface area (Å²) in [7, 11) is 0. The molecule has 1 heterocycles. The number of alkyl halides is 3. The van der Waals surface area contributed by atoms with Crippen molar-refractivity contribution < 1.29 is 23.0 Å². The van der Waals surface area contributed by atoms with E-state index in [-0.39, 0.29) is 24.7 Å². The minimum atomic E-state index is -4.46. The van der Waals surface area contributed by atoms with Gasteiger partial charge in [-0.05, 0) is 25.7 Å². The number of aliphatic hydroxyl groups is 1. The second-order valence-corrected chi connectivity index (χ2v) is 6.08. The van der Waals surface area contributed by atoms with Gasteiger partial charge in [-0.25, -0.2) is 0 Å². The molecular formula is C16H25F3N2O2. The molecule has 1 saturated carbocycles. The molecule has 0 atom stereocenters. The topological polar surface area (TPSA) is 47.3 Å². The Morgan fingerprint density at radius 1 is 1.22 bits per heavy atom. The Hall–Kier alpha value is -1.08. The van der Waals surface area contributed by atoms with E-state index in [1.165, 1.54) is 23.7 Å². The van der Waals surface area contributed by atoms with Crippen LogP contribution in [0.25, 0.3) is 0 Å². The molecule has 1 aliphatic carbocycles. The van der Waals surface area contributed by atoms with Crippen LogP contribution in [0.15, 0.2) is 6.20 Å². The number of aryl methyl sites for hydroxylation is 1. The number of rotatable bonds is 7. The summed E-state index contributed by atoms with van der Waals surface area (Å²) >= 11 is 0. The third kappa shape index (κ3) is 5.80. The summed E-state index contributed by atoms with van der Waals surface area (Å²) in [5.74, 6) is 0. The highest BCUT2D eigenvalue weighted by Crippen LogP contribution is 2.31. The summed E-state index contributed by atoms with van der Waals surface area (Å²) in [5.41, 5.74) is -0.707. The van der Waals surface area contributed by atoms with E-state index in [0.29, 0.717) is 19.6 Å². The molecule has 1 N–H and O–H groups in total. The number of nitrogens with zero attached hydrogens (tertiary/aromatic N) is 2. The highest BCUT2D eigenvalue weighted by atomic mass is 19.4. The Balaban J connectivity index is 1.90. The number of ether oxygens (including phenoxy) is 1. The third-order valence-corrected chi connectivity index (χ3v) is 4.19. The molecule has 0 aromatic carbocycles. The van der Waals surface area contributed by atoms with Crippen molar-refractivity contribution in [3.63, 3.8) is 0 Å². The zero-order valence-corrected chi connectivity index (χ0v) is 13.3. The van der Waals surface area contributed by atoms with Gasteiger partial charge in [0.2, 0.25) is 0 Å². The second-order valence-electron chi connectivity index (χ2n) is 6.08.